The average Bonchev–Trinajstić information content (AvgIpc) is 2.36. The molecule has 0 spiro atoms. The van der Waals surface area contributed by atoms with Crippen molar-refractivity contribution in [3.05, 3.63) is 35.4 Å². The summed E-state index contributed by atoms with van der Waals surface area (Å²) in [6, 6.07) is 3.94. The van der Waals surface area contributed by atoms with Crippen LogP contribution < -0.4 is 5.32 Å². The van der Waals surface area contributed by atoms with E-state index in [1.807, 2.05) is 0 Å². The van der Waals surface area contributed by atoms with Gasteiger partial charge in [-0.1, -0.05) is 6.92 Å². The number of benzene rings is 1. The van der Waals surface area contributed by atoms with Gasteiger partial charge in [0.25, 0.3) is 0 Å². The molecule has 3 nitrogen and oxygen atoms in total. The van der Waals surface area contributed by atoms with E-state index in [0.717, 1.165) is 25.7 Å². The summed E-state index contributed by atoms with van der Waals surface area (Å²) in [6.45, 7) is 6.44. The van der Waals surface area contributed by atoms with Crippen LogP contribution in [0.2, 0.25) is 0 Å². The van der Waals surface area contributed by atoms with Crippen LogP contribution in [0.5, 0.6) is 0 Å². The van der Waals surface area contributed by atoms with Gasteiger partial charge in [0.1, 0.15) is 11.6 Å². The Morgan fingerprint density at radius 3 is 2.74 bits per heavy atom. The maximum absolute atomic E-state index is 13.2. The van der Waals surface area contributed by atoms with Gasteiger partial charge in [-0.2, -0.15) is 0 Å². The van der Waals surface area contributed by atoms with E-state index >= 15 is 0 Å². The van der Waals surface area contributed by atoms with E-state index in [1.54, 1.807) is 0 Å². The van der Waals surface area contributed by atoms with Crippen LogP contribution in [-0.4, -0.2) is 43.8 Å². The molecule has 1 aromatic rings. The van der Waals surface area contributed by atoms with Gasteiger partial charge in [0, 0.05) is 31.7 Å². The van der Waals surface area contributed by atoms with Crippen molar-refractivity contribution in [3.63, 3.8) is 0 Å². The number of likely N-dealkylation sites (N-methyl/N-ethyl adjacent to an activating group) is 1. The molecule has 0 aliphatic carbocycles. The van der Waals surface area contributed by atoms with Crippen molar-refractivity contribution in [3.8, 4) is 0 Å². The molecular weight excluding hydrogens is 250 g/mol. The zero-order valence-corrected chi connectivity index (χ0v) is 11.2. The fourth-order valence-corrected chi connectivity index (χ4v) is 2.33. The summed E-state index contributed by atoms with van der Waals surface area (Å²) in [7, 11) is 0. The van der Waals surface area contributed by atoms with Crippen LogP contribution >= 0.6 is 0 Å². The highest BCUT2D eigenvalue weighted by atomic mass is 19.1. The lowest BCUT2D eigenvalue weighted by Crippen LogP contribution is -2.49. The van der Waals surface area contributed by atoms with E-state index in [1.165, 1.54) is 12.1 Å². The molecule has 0 bridgehead atoms. The molecule has 1 aliphatic rings. The van der Waals surface area contributed by atoms with Crippen molar-refractivity contribution in [2.24, 2.45) is 0 Å². The van der Waals surface area contributed by atoms with Crippen LogP contribution in [0, 0.1) is 11.6 Å². The second-order valence-corrected chi connectivity index (χ2v) is 4.78. The third kappa shape index (κ3) is 4.23. The van der Waals surface area contributed by atoms with Crippen molar-refractivity contribution in [1.82, 2.24) is 10.2 Å². The predicted octanol–water partition coefficient (Wildman–Crippen LogP) is 1.78. The SMILES string of the molecule is CCNCC1COCCN1Cc1cc(F)cc(F)c1. The first-order valence-corrected chi connectivity index (χ1v) is 6.66. The number of nitrogens with one attached hydrogen (secondary N) is 1. The van der Waals surface area contributed by atoms with Gasteiger partial charge in [0.05, 0.1) is 13.2 Å². The smallest absolute Gasteiger partial charge is 0.126 e. The zero-order valence-electron chi connectivity index (χ0n) is 11.2. The van der Waals surface area contributed by atoms with Crippen molar-refractivity contribution >= 4 is 0 Å². The molecule has 0 radical (unpaired) electrons. The van der Waals surface area contributed by atoms with Crippen LogP contribution in [-0.2, 0) is 11.3 Å². The molecule has 1 heterocycles. The van der Waals surface area contributed by atoms with Gasteiger partial charge in [0.15, 0.2) is 0 Å². The van der Waals surface area contributed by atoms with Crippen molar-refractivity contribution < 1.29 is 13.5 Å². The van der Waals surface area contributed by atoms with Crippen LogP contribution in [0.1, 0.15) is 12.5 Å². The minimum absolute atomic E-state index is 0.250. The van der Waals surface area contributed by atoms with Gasteiger partial charge in [-0.3, -0.25) is 4.90 Å². The third-order valence-electron chi connectivity index (χ3n) is 3.29. The highest BCUT2D eigenvalue weighted by Crippen LogP contribution is 2.14. The van der Waals surface area contributed by atoms with Gasteiger partial charge >= 0.3 is 0 Å². The van der Waals surface area contributed by atoms with Gasteiger partial charge in [-0.15, -0.1) is 0 Å². The van der Waals surface area contributed by atoms with Crippen LogP contribution in [0.25, 0.3) is 0 Å². The summed E-state index contributed by atoms with van der Waals surface area (Å²) >= 11 is 0. The highest BCUT2D eigenvalue weighted by Gasteiger charge is 2.22. The highest BCUT2D eigenvalue weighted by molar-refractivity contribution is 5.18. The molecule has 1 N–H and O–H groups in total. The average molecular weight is 270 g/mol. The lowest BCUT2D eigenvalue weighted by atomic mass is 10.1. The summed E-state index contributed by atoms with van der Waals surface area (Å²) in [5.41, 5.74) is 0.667. The maximum atomic E-state index is 13.2. The summed E-state index contributed by atoms with van der Waals surface area (Å²) in [5, 5.41) is 3.29. The molecular formula is C14H20F2N2O. The second-order valence-electron chi connectivity index (χ2n) is 4.78. The van der Waals surface area contributed by atoms with Crippen LogP contribution in [0.4, 0.5) is 8.78 Å². The summed E-state index contributed by atoms with van der Waals surface area (Å²) in [4.78, 5) is 2.21. The fourth-order valence-electron chi connectivity index (χ4n) is 2.33. The summed E-state index contributed by atoms with van der Waals surface area (Å²) in [6.07, 6.45) is 0. The Hall–Kier alpha value is -1.04. The first-order valence-electron chi connectivity index (χ1n) is 6.66. The quantitative estimate of drug-likeness (QED) is 0.882. The number of nitrogens with zero attached hydrogens (tertiary/aromatic N) is 1. The van der Waals surface area contributed by atoms with Crippen molar-refractivity contribution in [2.45, 2.75) is 19.5 Å². The topological polar surface area (TPSA) is 24.5 Å². The lowest BCUT2D eigenvalue weighted by molar-refractivity contribution is -0.0108. The van der Waals surface area contributed by atoms with Gasteiger partial charge in [0.2, 0.25) is 0 Å². The number of ether oxygens (including phenoxy) is 1. The molecule has 0 amide bonds. The Morgan fingerprint density at radius 2 is 2.05 bits per heavy atom. The standard InChI is InChI=1S/C14H20F2N2O/c1-2-17-8-14-10-19-4-3-18(14)9-11-5-12(15)7-13(16)6-11/h5-7,14,17H,2-4,8-10H2,1H3. The molecule has 5 heteroatoms. The maximum Gasteiger partial charge on any atom is 0.126 e. The molecule has 0 saturated carbocycles. The van der Waals surface area contributed by atoms with E-state index in [4.69, 9.17) is 4.74 Å². The first-order chi connectivity index (χ1) is 9.19. The zero-order chi connectivity index (χ0) is 13.7. The molecule has 1 unspecified atom stereocenters. The van der Waals surface area contributed by atoms with Crippen LogP contribution in [0.3, 0.4) is 0 Å². The molecule has 1 aliphatic heterocycles. The monoisotopic (exact) mass is 270 g/mol. The Balaban J connectivity index is 2.01. The molecule has 0 aromatic heterocycles. The van der Waals surface area contributed by atoms with Crippen molar-refractivity contribution in [1.29, 1.82) is 0 Å². The first kappa shape index (κ1) is 14.4. The normalized spacial score (nSPS) is 20.7. The van der Waals surface area contributed by atoms with E-state index in [2.05, 4.69) is 17.1 Å². The van der Waals surface area contributed by atoms with E-state index < -0.39 is 11.6 Å². The number of halogens is 2. The van der Waals surface area contributed by atoms with E-state index in [-0.39, 0.29) is 6.04 Å². The summed E-state index contributed by atoms with van der Waals surface area (Å²) < 4.78 is 31.8. The molecule has 1 aromatic carbocycles. The minimum atomic E-state index is -0.522. The Bertz CT molecular complexity index is 394. The predicted molar refractivity (Wildman–Crippen MR) is 69.9 cm³/mol. The van der Waals surface area contributed by atoms with Gasteiger partial charge in [-0.05, 0) is 24.2 Å². The third-order valence-corrected chi connectivity index (χ3v) is 3.29. The molecule has 1 atom stereocenters. The van der Waals surface area contributed by atoms with Crippen molar-refractivity contribution in [2.75, 3.05) is 32.8 Å². The number of morpholine rings is 1. The number of rotatable bonds is 5. The Kier molecular flexibility index (Phi) is 5.24. The van der Waals surface area contributed by atoms with E-state index in [9.17, 15) is 8.78 Å². The lowest BCUT2D eigenvalue weighted by Gasteiger charge is -2.35. The summed E-state index contributed by atoms with van der Waals surface area (Å²) in [5.74, 6) is -1.04. The number of hydrogen-bond acceptors (Lipinski definition) is 3. The van der Waals surface area contributed by atoms with Crippen LogP contribution in [0.15, 0.2) is 18.2 Å². The van der Waals surface area contributed by atoms with E-state index in [0.29, 0.717) is 25.3 Å². The molecule has 19 heavy (non-hydrogen) atoms. The Morgan fingerprint density at radius 1 is 1.32 bits per heavy atom. The molecule has 106 valence electrons. The van der Waals surface area contributed by atoms with Gasteiger partial charge in [-0.25, -0.2) is 8.78 Å². The molecule has 1 fully saturated rings. The molecule has 2 rings (SSSR count). The second kappa shape index (κ2) is 6.93. The Labute approximate surface area is 112 Å². The molecule has 1 saturated heterocycles. The minimum Gasteiger partial charge on any atom is -0.378 e. The fraction of sp³-hybridized carbons (Fsp3) is 0.571. The van der Waals surface area contributed by atoms with Gasteiger partial charge < -0.3 is 10.1 Å². The number of hydrogen-bond donors (Lipinski definition) is 1. The largest absolute Gasteiger partial charge is 0.378 e.